The van der Waals surface area contributed by atoms with Crippen LogP contribution < -0.4 is 16.6 Å². The molecule has 0 saturated carbocycles. The normalized spacial score (nSPS) is 10.8. The zero-order chi connectivity index (χ0) is 20.5. The SMILES string of the molecule is Cn1c(=O)c2cc(NC(=O)c3ccc(-c4ccccc4)cc3)cnc2n(C)c1=O. The highest BCUT2D eigenvalue weighted by molar-refractivity contribution is 6.05. The molecule has 1 amide bonds. The number of nitrogens with zero attached hydrogens (tertiary/aromatic N) is 3. The minimum atomic E-state index is -0.459. The maximum Gasteiger partial charge on any atom is 0.332 e. The second-order valence-corrected chi connectivity index (χ2v) is 6.70. The maximum atomic E-state index is 12.6. The van der Waals surface area contributed by atoms with Gasteiger partial charge in [0, 0.05) is 19.7 Å². The Morgan fingerprint density at radius 3 is 2.24 bits per heavy atom. The van der Waals surface area contributed by atoms with Crippen molar-refractivity contribution in [1.29, 1.82) is 0 Å². The summed E-state index contributed by atoms with van der Waals surface area (Å²) in [5.41, 5.74) is 2.30. The van der Waals surface area contributed by atoms with Crippen LogP contribution >= 0.6 is 0 Å². The molecule has 4 aromatic rings. The summed E-state index contributed by atoms with van der Waals surface area (Å²) in [4.78, 5) is 41.1. The molecule has 2 heterocycles. The van der Waals surface area contributed by atoms with Crippen LogP contribution in [0.25, 0.3) is 22.2 Å². The molecule has 0 spiro atoms. The Labute approximate surface area is 165 Å². The molecule has 0 unspecified atom stereocenters. The van der Waals surface area contributed by atoms with Crippen molar-refractivity contribution in [2.45, 2.75) is 0 Å². The predicted octanol–water partition coefficient (Wildman–Crippen LogP) is 2.55. The third-order valence-electron chi connectivity index (χ3n) is 4.81. The maximum absolute atomic E-state index is 12.6. The molecule has 0 aliphatic carbocycles. The van der Waals surface area contributed by atoms with E-state index in [1.54, 1.807) is 19.2 Å². The Balaban J connectivity index is 1.62. The van der Waals surface area contributed by atoms with Crippen LogP contribution in [-0.2, 0) is 14.1 Å². The lowest BCUT2D eigenvalue weighted by Gasteiger charge is -2.09. The fourth-order valence-corrected chi connectivity index (χ4v) is 3.18. The van der Waals surface area contributed by atoms with E-state index >= 15 is 0 Å². The van der Waals surface area contributed by atoms with Gasteiger partial charge in [0.15, 0.2) is 0 Å². The quantitative estimate of drug-likeness (QED) is 0.586. The summed E-state index contributed by atoms with van der Waals surface area (Å²) in [6, 6.07) is 18.7. The van der Waals surface area contributed by atoms with Crippen molar-refractivity contribution in [1.82, 2.24) is 14.1 Å². The Bertz CT molecular complexity index is 1340. The fourth-order valence-electron chi connectivity index (χ4n) is 3.18. The van der Waals surface area contributed by atoms with Crippen molar-refractivity contribution in [2.75, 3.05) is 5.32 Å². The lowest BCUT2D eigenvalue weighted by Crippen LogP contribution is -2.37. The van der Waals surface area contributed by atoms with Crippen LogP contribution in [0, 0.1) is 0 Å². The van der Waals surface area contributed by atoms with Crippen LogP contribution in [0.1, 0.15) is 10.4 Å². The van der Waals surface area contributed by atoms with Gasteiger partial charge in [0.25, 0.3) is 11.5 Å². The van der Waals surface area contributed by atoms with E-state index < -0.39 is 11.2 Å². The van der Waals surface area contributed by atoms with Crippen molar-refractivity contribution in [3.63, 3.8) is 0 Å². The molecule has 144 valence electrons. The molecule has 2 aromatic carbocycles. The summed E-state index contributed by atoms with van der Waals surface area (Å²) in [6.45, 7) is 0. The van der Waals surface area contributed by atoms with Crippen LogP contribution in [0.2, 0.25) is 0 Å². The highest BCUT2D eigenvalue weighted by Crippen LogP contribution is 2.20. The first-order valence-corrected chi connectivity index (χ1v) is 8.98. The van der Waals surface area contributed by atoms with Crippen LogP contribution in [0.3, 0.4) is 0 Å². The van der Waals surface area contributed by atoms with Crippen LogP contribution in [0.15, 0.2) is 76.4 Å². The molecule has 0 atom stereocenters. The molecular weight excluding hydrogens is 368 g/mol. The van der Waals surface area contributed by atoms with Gasteiger partial charge in [-0.1, -0.05) is 42.5 Å². The summed E-state index contributed by atoms with van der Waals surface area (Å²) < 4.78 is 2.31. The van der Waals surface area contributed by atoms with Gasteiger partial charge in [-0.3, -0.25) is 18.7 Å². The topological polar surface area (TPSA) is 86.0 Å². The average molecular weight is 386 g/mol. The number of carbonyl (C=O) groups is 1. The second kappa shape index (κ2) is 7.20. The molecule has 1 N–H and O–H groups in total. The molecule has 0 bridgehead atoms. The van der Waals surface area contributed by atoms with Crippen molar-refractivity contribution in [3.05, 3.63) is 93.3 Å². The molecule has 4 rings (SSSR count). The Kier molecular flexibility index (Phi) is 4.56. The van der Waals surface area contributed by atoms with E-state index in [1.165, 1.54) is 23.9 Å². The van der Waals surface area contributed by atoms with Crippen molar-refractivity contribution in [2.24, 2.45) is 14.1 Å². The second-order valence-electron chi connectivity index (χ2n) is 6.70. The number of aryl methyl sites for hydroxylation is 1. The van der Waals surface area contributed by atoms with E-state index in [1.807, 2.05) is 42.5 Å². The first-order chi connectivity index (χ1) is 14.0. The van der Waals surface area contributed by atoms with Gasteiger partial charge < -0.3 is 5.32 Å². The lowest BCUT2D eigenvalue weighted by molar-refractivity contribution is 0.102. The summed E-state index contributed by atoms with van der Waals surface area (Å²) in [6.07, 6.45) is 1.43. The Hall–Kier alpha value is -4.00. The van der Waals surface area contributed by atoms with E-state index in [-0.39, 0.29) is 16.9 Å². The number of nitrogens with one attached hydrogen (secondary N) is 1. The molecule has 0 fully saturated rings. The zero-order valence-electron chi connectivity index (χ0n) is 15.9. The van der Waals surface area contributed by atoms with Gasteiger partial charge in [0.2, 0.25) is 0 Å². The number of carbonyl (C=O) groups excluding carboxylic acids is 1. The largest absolute Gasteiger partial charge is 0.332 e. The molecule has 29 heavy (non-hydrogen) atoms. The van der Waals surface area contributed by atoms with E-state index in [0.717, 1.165) is 15.7 Å². The molecule has 0 aliphatic heterocycles. The fraction of sp³-hybridized carbons (Fsp3) is 0.0909. The molecule has 7 heteroatoms. The van der Waals surface area contributed by atoms with Crippen LogP contribution in [-0.4, -0.2) is 20.0 Å². The number of anilines is 1. The number of fused-ring (bicyclic) bond motifs is 1. The van der Waals surface area contributed by atoms with E-state index in [0.29, 0.717) is 11.3 Å². The van der Waals surface area contributed by atoms with E-state index in [2.05, 4.69) is 10.3 Å². The molecule has 2 aromatic heterocycles. The highest BCUT2D eigenvalue weighted by Gasteiger charge is 2.12. The highest BCUT2D eigenvalue weighted by atomic mass is 16.2. The number of benzene rings is 2. The van der Waals surface area contributed by atoms with Gasteiger partial charge in [-0.2, -0.15) is 0 Å². The minimum absolute atomic E-state index is 0.256. The zero-order valence-corrected chi connectivity index (χ0v) is 15.9. The number of amides is 1. The number of aromatic nitrogens is 3. The Morgan fingerprint density at radius 1 is 0.897 bits per heavy atom. The molecule has 0 radical (unpaired) electrons. The van der Waals surface area contributed by atoms with Gasteiger partial charge in [0.05, 0.1) is 17.3 Å². The van der Waals surface area contributed by atoms with Crippen molar-refractivity contribution in [3.8, 4) is 11.1 Å². The van der Waals surface area contributed by atoms with Gasteiger partial charge in [-0.05, 0) is 29.3 Å². The summed E-state index contributed by atoms with van der Waals surface area (Å²) in [7, 11) is 2.95. The minimum Gasteiger partial charge on any atom is -0.321 e. The summed E-state index contributed by atoms with van der Waals surface area (Å²) >= 11 is 0. The summed E-state index contributed by atoms with van der Waals surface area (Å²) in [5.74, 6) is -0.313. The van der Waals surface area contributed by atoms with Gasteiger partial charge in [-0.15, -0.1) is 0 Å². The number of rotatable bonds is 3. The van der Waals surface area contributed by atoms with Gasteiger partial charge in [0.1, 0.15) is 5.65 Å². The van der Waals surface area contributed by atoms with Crippen molar-refractivity contribution >= 4 is 22.6 Å². The lowest BCUT2D eigenvalue weighted by atomic mass is 10.0. The summed E-state index contributed by atoms with van der Waals surface area (Å²) in [5, 5.41) is 3.01. The number of pyridine rings is 1. The monoisotopic (exact) mass is 386 g/mol. The molecule has 0 saturated heterocycles. The predicted molar refractivity (Wildman–Crippen MR) is 112 cm³/mol. The van der Waals surface area contributed by atoms with Crippen LogP contribution in [0.5, 0.6) is 0 Å². The third kappa shape index (κ3) is 3.34. The standard InChI is InChI=1S/C22H18N4O3/c1-25-19-18(21(28)26(2)22(25)29)12-17(13-23-19)24-20(27)16-10-8-15(9-11-16)14-6-4-3-5-7-14/h3-13H,1-2H3,(H,24,27). The average Bonchev–Trinajstić information content (AvgIpc) is 2.77. The molecule has 0 aliphatic rings. The van der Waals surface area contributed by atoms with E-state index in [9.17, 15) is 14.4 Å². The first-order valence-electron chi connectivity index (χ1n) is 8.98. The number of hydrogen-bond acceptors (Lipinski definition) is 4. The number of hydrogen-bond donors (Lipinski definition) is 1. The van der Waals surface area contributed by atoms with E-state index in [4.69, 9.17) is 0 Å². The van der Waals surface area contributed by atoms with Crippen molar-refractivity contribution < 1.29 is 4.79 Å². The van der Waals surface area contributed by atoms with Gasteiger partial charge >= 0.3 is 5.69 Å². The Morgan fingerprint density at radius 2 is 1.55 bits per heavy atom. The molecular formula is C22H18N4O3. The van der Waals surface area contributed by atoms with Gasteiger partial charge in [-0.25, -0.2) is 9.78 Å². The van der Waals surface area contributed by atoms with Crippen LogP contribution in [0.4, 0.5) is 5.69 Å². The molecule has 7 nitrogen and oxygen atoms in total. The first kappa shape index (κ1) is 18.4. The third-order valence-corrected chi connectivity index (χ3v) is 4.81. The smallest absolute Gasteiger partial charge is 0.321 e.